The topological polar surface area (TPSA) is 138 Å². The number of ether oxygens (including phenoxy) is 2. The summed E-state index contributed by atoms with van der Waals surface area (Å²) in [5.74, 6) is -0.332. The molecule has 0 fully saturated rings. The van der Waals surface area contributed by atoms with Gasteiger partial charge in [-0.2, -0.15) is 0 Å². The molecule has 3 aromatic rings. The van der Waals surface area contributed by atoms with E-state index in [-0.39, 0.29) is 19.1 Å². The van der Waals surface area contributed by atoms with Crippen molar-refractivity contribution >= 4 is 34.9 Å². The minimum Gasteiger partial charge on any atom is -0.481 e. The number of nitrogens with one attached hydrogen (secondary N) is 4. The highest BCUT2D eigenvalue weighted by Gasteiger charge is 2.25. The molecule has 212 valence electrons. The lowest BCUT2D eigenvalue weighted by Gasteiger charge is -2.22. The molecule has 11 heteroatoms. The lowest BCUT2D eigenvalue weighted by molar-refractivity contribution is -0.137. The number of unbranched alkanes of at least 4 members (excludes halogenated alkanes) is 1. The van der Waals surface area contributed by atoms with Crippen LogP contribution in [0.3, 0.4) is 0 Å². The van der Waals surface area contributed by atoms with Gasteiger partial charge in [0.15, 0.2) is 11.5 Å². The van der Waals surface area contributed by atoms with Crippen LogP contribution >= 0.6 is 11.3 Å². The first kappa shape index (κ1) is 28.8. The van der Waals surface area contributed by atoms with Crippen molar-refractivity contribution < 1.29 is 29.0 Å². The fourth-order valence-electron chi connectivity index (χ4n) is 4.25. The van der Waals surface area contributed by atoms with Gasteiger partial charge in [-0.05, 0) is 53.3 Å². The number of aliphatic carboxylic acids is 1. The molecule has 0 aliphatic carbocycles. The molecule has 4 rings (SSSR count). The first-order valence-corrected chi connectivity index (χ1v) is 14.1. The summed E-state index contributed by atoms with van der Waals surface area (Å²) in [6.45, 7) is 3.16. The van der Waals surface area contributed by atoms with Gasteiger partial charge in [0.25, 0.3) is 0 Å². The van der Waals surface area contributed by atoms with Gasteiger partial charge >= 0.3 is 12.0 Å². The van der Waals surface area contributed by atoms with E-state index in [9.17, 15) is 19.5 Å². The third-order valence-electron chi connectivity index (χ3n) is 6.42. The molecule has 2 atom stereocenters. The predicted molar refractivity (Wildman–Crippen MR) is 152 cm³/mol. The average Bonchev–Trinajstić information content (AvgIpc) is 3.64. The van der Waals surface area contributed by atoms with Crippen molar-refractivity contribution in [1.29, 1.82) is 0 Å². The highest BCUT2D eigenvalue weighted by atomic mass is 32.1. The predicted octanol–water partition coefficient (Wildman–Crippen LogP) is 4.78. The highest BCUT2D eigenvalue weighted by Crippen LogP contribution is 2.34. The Morgan fingerprint density at radius 1 is 1.00 bits per heavy atom. The van der Waals surface area contributed by atoms with Gasteiger partial charge in [0.05, 0.1) is 12.5 Å². The first-order valence-electron chi connectivity index (χ1n) is 13.2. The van der Waals surface area contributed by atoms with Crippen LogP contribution in [0.15, 0.2) is 60.0 Å². The average molecular weight is 567 g/mol. The summed E-state index contributed by atoms with van der Waals surface area (Å²) >= 11 is 1.70. The Bertz CT molecular complexity index is 1280. The number of benzene rings is 2. The molecule has 1 aromatic heterocycles. The number of fused-ring (bicyclic) bond motifs is 1. The Kier molecular flexibility index (Phi) is 10.2. The Morgan fingerprint density at radius 3 is 2.52 bits per heavy atom. The number of amides is 3. The molecule has 1 aliphatic rings. The van der Waals surface area contributed by atoms with Crippen LogP contribution in [0.2, 0.25) is 0 Å². The van der Waals surface area contributed by atoms with Gasteiger partial charge in [-0.15, -0.1) is 11.3 Å². The Morgan fingerprint density at radius 2 is 1.80 bits per heavy atom. The molecule has 0 saturated carbocycles. The smallest absolute Gasteiger partial charge is 0.315 e. The lowest BCUT2D eigenvalue weighted by Crippen LogP contribution is -2.50. The second-order valence-electron chi connectivity index (χ2n) is 9.42. The second-order valence-corrected chi connectivity index (χ2v) is 10.5. The van der Waals surface area contributed by atoms with Crippen LogP contribution in [-0.4, -0.2) is 35.8 Å². The molecular formula is C29H34N4O6S. The monoisotopic (exact) mass is 566 g/mol. The van der Waals surface area contributed by atoms with Gasteiger partial charge in [-0.3, -0.25) is 9.59 Å². The van der Waals surface area contributed by atoms with Crippen molar-refractivity contribution in [1.82, 2.24) is 16.0 Å². The molecule has 1 aliphatic heterocycles. The van der Waals surface area contributed by atoms with Gasteiger partial charge in [0.1, 0.15) is 6.04 Å². The summed E-state index contributed by atoms with van der Waals surface area (Å²) in [4.78, 5) is 38.7. The molecule has 0 radical (unpaired) electrons. The summed E-state index contributed by atoms with van der Waals surface area (Å²) in [6.07, 6.45) is 1.71. The van der Waals surface area contributed by atoms with Crippen LogP contribution in [-0.2, 0) is 22.7 Å². The number of carbonyl (C=O) groups is 3. The van der Waals surface area contributed by atoms with Gasteiger partial charge < -0.3 is 35.8 Å². The van der Waals surface area contributed by atoms with Gasteiger partial charge in [0, 0.05) is 23.7 Å². The summed E-state index contributed by atoms with van der Waals surface area (Å²) in [5, 5.41) is 23.2. The van der Waals surface area contributed by atoms with E-state index in [1.54, 1.807) is 29.5 Å². The van der Waals surface area contributed by atoms with Gasteiger partial charge in [-0.1, -0.05) is 44.0 Å². The first-order chi connectivity index (χ1) is 19.4. The molecule has 2 aromatic carbocycles. The number of anilines is 1. The highest BCUT2D eigenvalue weighted by molar-refractivity contribution is 7.09. The number of carbonyl (C=O) groups excluding carboxylic acids is 2. The quantitative estimate of drug-likeness (QED) is 0.189. The van der Waals surface area contributed by atoms with E-state index in [4.69, 9.17) is 9.47 Å². The van der Waals surface area contributed by atoms with Gasteiger partial charge in [0.2, 0.25) is 12.7 Å². The largest absolute Gasteiger partial charge is 0.481 e. The van der Waals surface area contributed by atoms with Crippen molar-refractivity contribution in [2.45, 2.75) is 57.8 Å². The number of thiophene rings is 1. The van der Waals surface area contributed by atoms with Crippen molar-refractivity contribution in [3.05, 3.63) is 76.0 Å². The SMILES string of the molecule is CCCC[C@H](NC(=O)N[C@@H](CC(=O)O)c1ccc2c(c1)OCO2)C(=O)NCc1ccc(NCc2cccs2)cc1. The Hall–Kier alpha value is -4.25. The number of urea groups is 1. The molecule has 0 unspecified atom stereocenters. The van der Waals surface area contributed by atoms with Crippen molar-refractivity contribution in [2.24, 2.45) is 0 Å². The minimum atomic E-state index is -1.07. The van der Waals surface area contributed by atoms with E-state index in [0.717, 1.165) is 30.6 Å². The second kappa shape index (κ2) is 14.2. The van der Waals surface area contributed by atoms with Crippen molar-refractivity contribution in [3.63, 3.8) is 0 Å². The van der Waals surface area contributed by atoms with Crippen LogP contribution in [0.25, 0.3) is 0 Å². The maximum absolute atomic E-state index is 13.0. The third kappa shape index (κ3) is 8.37. The van der Waals surface area contributed by atoms with Crippen molar-refractivity contribution in [2.75, 3.05) is 12.1 Å². The zero-order valence-electron chi connectivity index (χ0n) is 22.3. The molecule has 0 spiro atoms. The van der Waals surface area contributed by atoms with Crippen LogP contribution in [0.1, 0.15) is 54.7 Å². The van der Waals surface area contributed by atoms with Crippen molar-refractivity contribution in [3.8, 4) is 11.5 Å². The van der Waals surface area contributed by atoms with E-state index in [1.807, 2.05) is 42.6 Å². The van der Waals surface area contributed by atoms with Gasteiger partial charge in [-0.25, -0.2) is 4.79 Å². The Balaban J connectivity index is 1.32. The maximum Gasteiger partial charge on any atom is 0.315 e. The molecule has 0 bridgehead atoms. The van der Waals surface area contributed by atoms with Crippen LogP contribution in [0.4, 0.5) is 10.5 Å². The number of hydrogen-bond acceptors (Lipinski definition) is 7. The molecule has 5 N–H and O–H groups in total. The number of carboxylic acids is 1. The maximum atomic E-state index is 13.0. The molecular weight excluding hydrogens is 532 g/mol. The summed E-state index contributed by atoms with van der Waals surface area (Å²) < 4.78 is 10.7. The van der Waals surface area contributed by atoms with E-state index >= 15 is 0 Å². The Labute approximate surface area is 237 Å². The molecule has 10 nitrogen and oxygen atoms in total. The van der Waals surface area contributed by atoms with E-state index in [0.29, 0.717) is 30.0 Å². The molecule has 2 heterocycles. The molecule has 40 heavy (non-hydrogen) atoms. The van der Waals surface area contributed by atoms with E-state index < -0.39 is 24.1 Å². The fraction of sp³-hybridized carbons (Fsp3) is 0.345. The zero-order valence-corrected chi connectivity index (χ0v) is 23.1. The lowest BCUT2D eigenvalue weighted by atomic mass is 10.0. The van der Waals surface area contributed by atoms with Crippen LogP contribution < -0.4 is 30.7 Å². The number of rotatable bonds is 14. The van der Waals surface area contributed by atoms with E-state index in [2.05, 4.69) is 27.3 Å². The fourth-order valence-corrected chi connectivity index (χ4v) is 4.89. The normalized spacial score (nSPS) is 13.2. The standard InChI is InChI=1S/C29H34N4O6S/c1-2-3-6-23(28(36)31-16-19-7-10-21(11-8-19)30-17-22-5-4-13-40-22)32-29(37)33-24(15-27(34)35)20-9-12-25-26(14-20)39-18-38-25/h4-5,7-14,23-24,30H,2-3,6,15-18H2,1H3,(H,31,36)(H,34,35)(H2,32,33,37)/t23-,24-/m0/s1. The summed E-state index contributed by atoms with van der Waals surface area (Å²) in [5.41, 5.74) is 2.48. The number of hydrogen-bond donors (Lipinski definition) is 5. The summed E-state index contributed by atoms with van der Waals surface area (Å²) in [7, 11) is 0. The summed E-state index contributed by atoms with van der Waals surface area (Å²) in [6, 6.07) is 14.7. The minimum absolute atomic E-state index is 0.0845. The van der Waals surface area contributed by atoms with Crippen LogP contribution in [0.5, 0.6) is 11.5 Å². The van der Waals surface area contributed by atoms with E-state index in [1.165, 1.54) is 4.88 Å². The van der Waals surface area contributed by atoms with Crippen LogP contribution in [0, 0.1) is 0 Å². The zero-order chi connectivity index (χ0) is 28.3. The molecule has 0 saturated heterocycles. The molecule has 3 amide bonds. The number of carboxylic acid groups (broad SMARTS) is 1. The third-order valence-corrected chi connectivity index (χ3v) is 7.30.